The van der Waals surface area contributed by atoms with E-state index in [0.717, 1.165) is 89.9 Å². The standard InChI is InChI=1S/C59H100O6/c1-4-7-10-13-16-19-22-25-28-30-32-34-37-40-43-46-49-52-58(61)64-55-56(54-63-57(60)51-48-45-42-39-36-33-27-24-21-18-15-12-9-6-3)65-59(62)53-50-47-44-41-38-35-31-29-26-23-20-17-14-11-8-5-2/h9,12,18,21,25,28-29,31-32,34-35,38,40,43,56H,4-8,10-11,13-17,19-20,22-24,26-27,30,33,36-37,39,41-42,44-55H2,1-3H3/b12-9-,21-18-,28-25-,31-29-,34-32-,38-35-,43-40-. The van der Waals surface area contributed by atoms with Crippen LogP contribution in [0.25, 0.3) is 0 Å². The van der Waals surface area contributed by atoms with Gasteiger partial charge in [0.25, 0.3) is 0 Å². The first kappa shape index (κ1) is 61.6. The van der Waals surface area contributed by atoms with E-state index in [0.29, 0.717) is 12.8 Å². The lowest BCUT2D eigenvalue weighted by molar-refractivity contribution is -0.167. The van der Waals surface area contributed by atoms with Crippen LogP contribution in [0.1, 0.15) is 252 Å². The average molecular weight is 905 g/mol. The van der Waals surface area contributed by atoms with Gasteiger partial charge in [-0.3, -0.25) is 14.4 Å². The summed E-state index contributed by atoms with van der Waals surface area (Å²) in [5.41, 5.74) is 0. The quantitative estimate of drug-likeness (QED) is 0.0199. The monoisotopic (exact) mass is 905 g/mol. The Kier molecular flexibility index (Phi) is 50.4. The van der Waals surface area contributed by atoms with Crippen molar-refractivity contribution in [2.45, 2.75) is 258 Å². The smallest absolute Gasteiger partial charge is 0.306 e. The van der Waals surface area contributed by atoms with Crippen LogP contribution in [0, 0.1) is 0 Å². The Morgan fingerprint density at radius 3 is 1.11 bits per heavy atom. The van der Waals surface area contributed by atoms with Gasteiger partial charge in [0.1, 0.15) is 13.2 Å². The topological polar surface area (TPSA) is 78.9 Å². The summed E-state index contributed by atoms with van der Waals surface area (Å²) in [7, 11) is 0. The zero-order valence-corrected chi connectivity index (χ0v) is 42.5. The van der Waals surface area contributed by atoms with Gasteiger partial charge in [-0.05, 0) is 103 Å². The molecule has 0 amide bonds. The SMILES string of the molecule is CC/C=C\C/C=C\CCCCCCCCCC(=O)OCC(COC(=O)CCC/C=C\C/C=C\C/C=C\CCCCCCCC)OC(=O)CCCCC/C=C\C=C/CCCCCCCCC. The Labute approximate surface area is 401 Å². The maximum atomic E-state index is 12.8. The summed E-state index contributed by atoms with van der Waals surface area (Å²) in [6.45, 7) is 6.45. The molecule has 0 aromatic heterocycles. The van der Waals surface area contributed by atoms with Gasteiger partial charge in [0.05, 0.1) is 0 Å². The zero-order valence-electron chi connectivity index (χ0n) is 42.5. The lowest BCUT2D eigenvalue weighted by atomic mass is 10.1. The molecule has 0 aliphatic heterocycles. The van der Waals surface area contributed by atoms with Gasteiger partial charge in [0.2, 0.25) is 0 Å². The molecule has 65 heavy (non-hydrogen) atoms. The third-order valence-electron chi connectivity index (χ3n) is 11.4. The predicted octanol–water partition coefficient (Wildman–Crippen LogP) is 18.0. The summed E-state index contributed by atoms with van der Waals surface area (Å²) in [5, 5.41) is 0. The number of unbranched alkanes of at least 4 members (excludes halogenated alkanes) is 24. The number of carbonyl (C=O) groups excluding carboxylic acids is 3. The molecule has 1 atom stereocenters. The second kappa shape index (κ2) is 53.2. The van der Waals surface area contributed by atoms with E-state index >= 15 is 0 Å². The van der Waals surface area contributed by atoms with Gasteiger partial charge in [0.15, 0.2) is 6.10 Å². The number of carbonyl (C=O) groups is 3. The number of esters is 3. The second-order valence-electron chi connectivity index (χ2n) is 17.8. The van der Waals surface area contributed by atoms with Crippen molar-refractivity contribution in [2.24, 2.45) is 0 Å². The fourth-order valence-electron chi connectivity index (χ4n) is 7.31. The first-order valence-electron chi connectivity index (χ1n) is 27.1. The highest BCUT2D eigenvalue weighted by Crippen LogP contribution is 2.13. The molecule has 0 N–H and O–H groups in total. The van der Waals surface area contributed by atoms with Gasteiger partial charge in [-0.1, -0.05) is 215 Å². The van der Waals surface area contributed by atoms with E-state index in [1.807, 2.05) is 0 Å². The minimum Gasteiger partial charge on any atom is -0.462 e. The Bertz CT molecular complexity index is 1270. The molecule has 0 bridgehead atoms. The Morgan fingerprint density at radius 2 is 0.662 bits per heavy atom. The number of ether oxygens (including phenoxy) is 3. The maximum absolute atomic E-state index is 12.8. The number of hydrogen-bond acceptors (Lipinski definition) is 6. The molecule has 0 spiro atoms. The van der Waals surface area contributed by atoms with E-state index in [9.17, 15) is 14.4 Å². The van der Waals surface area contributed by atoms with Crippen molar-refractivity contribution in [2.75, 3.05) is 13.2 Å². The van der Waals surface area contributed by atoms with Crippen molar-refractivity contribution in [3.8, 4) is 0 Å². The summed E-state index contributed by atoms with van der Waals surface area (Å²) >= 11 is 0. The molecule has 0 radical (unpaired) electrons. The van der Waals surface area contributed by atoms with Gasteiger partial charge in [-0.15, -0.1) is 0 Å². The first-order chi connectivity index (χ1) is 32.0. The molecule has 6 nitrogen and oxygen atoms in total. The fourth-order valence-corrected chi connectivity index (χ4v) is 7.31. The lowest BCUT2D eigenvalue weighted by Crippen LogP contribution is -2.30. The highest BCUT2D eigenvalue weighted by atomic mass is 16.6. The minimum atomic E-state index is -0.814. The molecule has 0 aromatic rings. The van der Waals surface area contributed by atoms with Crippen LogP contribution >= 0.6 is 0 Å². The van der Waals surface area contributed by atoms with Crippen molar-refractivity contribution in [1.82, 2.24) is 0 Å². The van der Waals surface area contributed by atoms with Crippen molar-refractivity contribution in [1.29, 1.82) is 0 Å². The van der Waals surface area contributed by atoms with Crippen LogP contribution in [0.2, 0.25) is 0 Å². The highest BCUT2D eigenvalue weighted by molar-refractivity contribution is 5.71. The molecule has 0 aliphatic rings. The second-order valence-corrected chi connectivity index (χ2v) is 17.8. The van der Waals surface area contributed by atoms with Gasteiger partial charge < -0.3 is 14.2 Å². The molecule has 0 aromatic carbocycles. The van der Waals surface area contributed by atoms with E-state index in [-0.39, 0.29) is 44.0 Å². The molecular weight excluding hydrogens is 805 g/mol. The molecule has 0 saturated carbocycles. The summed E-state index contributed by atoms with van der Waals surface area (Å²) in [6.07, 6.45) is 68.6. The van der Waals surface area contributed by atoms with Crippen LogP contribution < -0.4 is 0 Å². The van der Waals surface area contributed by atoms with Crippen molar-refractivity contribution in [3.05, 3.63) is 85.1 Å². The van der Waals surface area contributed by atoms with Crippen molar-refractivity contribution < 1.29 is 28.6 Å². The van der Waals surface area contributed by atoms with E-state index in [2.05, 4.69) is 106 Å². The molecular formula is C59H100O6. The van der Waals surface area contributed by atoms with Crippen molar-refractivity contribution in [3.63, 3.8) is 0 Å². The van der Waals surface area contributed by atoms with E-state index in [4.69, 9.17) is 14.2 Å². The third-order valence-corrected chi connectivity index (χ3v) is 11.4. The van der Waals surface area contributed by atoms with Crippen LogP contribution in [-0.4, -0.2) is 37.2 Å². The van der Waals surface area contributed by atoms with Crippen molar-refractivity contribution >= 4 is 17.9 Å². The van der Waals surface area contributed by atoms with Crippen LogP contribution in [-0.2, 0) is 28.6 Å². The molecule has 0 aliphatic carbocycles. The number of hydrogen-bond donors (Lipinski definition) is 0. The molecule has 1 unspecified atom stereocenters. The minimum absolute atomic E-state index is 0.108. The Morgan fingerprint density at radius 1 is 0.338 bits per heavy atom. The molecule has 0 heterocycles. The van der Waals surface area contributed by atoms with Crippen LogP contribution in [0.15, 0.2) is 85.1 Å². The molecule has 0 rings (SSSR count). The maximum Gasteiger partial charge on any atom is 0.306 e. The summed E-state index contributed by atoms with van der Waals surface area (Å²) in [6, 6.07) is 0. The number of rotatable bonds is 48. The fraction of sp³-hybridized carbons (Fsp3) is 0.712. The zero-order chi connectivity index (χ0) is 47.2. The molecule has 0 saturated heterocycles. The van der Waals surface area contributed by atoms with Crippen LogP contribution in [0.5, 0.6) is 0 Å². The summed E-state index contributed by atoms with van der Waals surface area (Å²) < 4.78 is 16.7. The lowest BCUT2D eigenvalue weighted by Gasteiger charge is -2.18. The summed E-state index contributed by atoms with van der Waals surface area (Å²) in [5.74, 6) is -0.995. The normalized spacial score (nSPS) is 12.7. The molecule has 372 valence electrons. The van der Waals surface area contributed by atoms with Crippen LogP contribution in [0.3, 0.4) is 0 Å². The number of allylic oxidation sites excluding steroid dienone is 14. The molecule has 6 heteroatoms. The van der Waals surface area contributed by atoms with E-state index < -0.39 is 6.10 Å². The Balaban J connectivity index is 4.51. The highest BCUT2D eigenvalue weighted by Gasteiger charge is 2.19. The van der Waals surface area contributed by atoms with Gasteiger partial charge in [-0.25, -0.2) is 0 Å². The third kappa shape index (κ3) is 51.4. The molecule has 0 fully saturated rings. The average Bonchev–Trinajstić information content (AvgIpc) is 3.30. The largest absolute Gasteiger partial charge is 0.462 e. The summed E-state index contributed by atoms with van der Waals surface area (Å²) in [4.78, 5) is 38.0. The van der Waals surface area contributed by atoms with E-state index in [1.165, 1.54) is 116 Å². The van der Waals surface area contributed by atoms with Gasteiger partial charge >= 0.3 is 17.9 Å². The van der Waals surface area contributed by atoms with Crippen LogP contribution in [0.4, 0.5) is 0 Å². The Hall–Kier alpha value is -3.41. The van der Waals surface area contributed by atoms with Gasteiger partial charge in [-0.2, -0.15) is 0 Å². The predicted molar refractivity (Wildman–Crippen MR) is 279 cm³/mol. The van der Waals surface area contributed by atoms with Gasteiger partial charge in [0, 0.05) is 19.3 Å². The first-order valence-corrected chi connectivity index (χ1v) is 27.1. The van der Waals surface area contributed by atoms with E-state index in [1.54, 1.807) is 0 Å².